The number of thiazole rings is 1. The zero-order valence-corrected chi connectivity index (χ0v) is 17.0. The molecule has 3 rings (SSSR count). The third kappa shape index (κ3) is 5.23. The molecule has 0 atom stereocenters. The van der Waals surface area contributed by atoms with Gasteiger partial charge in [-0.3, -0.25) is 14.9 Å². The summed E-state index contributed by atoms with van der Waals surface area (Å²) in [5.74, 6) is 0.182. The smallest absolute Gasteiger partial charge is 0.284 e. The standard InChI is InChI=1S/C19H24N6O3S/c1-2-3-9-21-17(12-25(27)28)24-10-8-15-16(11-24)29-19(23-15)18(26)22-14-7-5-4-6-13(14)20/h4-7,12,21H,2-3,8-11,20H2,1H3,(H,22,26). The number of unbranched alkanes of at least 4 members (excludes halogenated alkanes) is 1. The summed E-state index contributed by atoms with van der Waals surface area (Å²) in [6.07, 6.45) is 3.56. The van der Waals surface area contributed by atoms with Crippen LogP contribution in [0.15, 0.2) is 36.3 Å². The number of carbonyl (C=O) groups is 1. The molecule has 1 aliphatic rings. The Kier molecular flexibility index (Phi) is 6.65. The molecule has 0 spiro atoms. The summed E-state index contributed by atoms with van der Waals surface area (Å²) in [5, 5.41) is 17.3. The average molecular weight is 417 g/mol. The number of nitrogen functional groups attached to an aromatic ring is 1. The Morgan fingerprint density at radius 1 is 1.45 bits per heavy atom. The average Bonchev–Trinajstić information content (AvgIpc) is 3.12. The van der Waals surface area contributed by atoms with E-state index in [1.807, 2.05) is 4.90 Å². The maximum Gasteiger partial charge on any atom is 0.284 e. The van der Waals surface area contributed by atoms with E-state index in [0.29, 0.717) is 48.3 Å². The maximum atomic E-state index is 12.6. The molecule has 4 N–H and O–H groups in total. The Hall–Kier alpha value is -3.14. The molecule has 154 valence electrons. The number of hydrogen-bond donors (Lipinski definition) is 3. The quantitative estimate of drug-likeness (QED) is 0.261. The number of hydrogen-bond acceptors (Lipinski definition) is 8. The highest BCUT2D eigenvalue weighted by Crippen LogP contribution is 2.28. The molecule has 2 aromatic rings. The largest absolute Gasteiger partial charge is 0.397 e. The van der Waals surface area contributed by atoms with E-state index in [2.05, 4.69) is 22.5 Å². The lowest BCUT2D eigenvalue weighted by Crippen LogP contribution is -2.36. The van der Waals surface area contributed by atoms with Gasteiger partial charge in [0.25, 0.3) is 12.1 Å². The number of rotatable bonds is 8. The third-order valence-corrected chi connectivity index (χ3v) is 5.62. The minimum absolute atomic E-state index is 0.309. The van der Waals surface area contributed by atoms with Crippen molar-refractivity contribution in [2.75, 3.05) is 24.1 Å². The minimum Gasteiger partial charge on any atom is -0.397 e. The van der Waals surface area contributed by atoms with Crippen molar-refractivity contribution in [3.63, 3.8) is 0 Å². The van der Waals surface area contributed by atoms with Gasteiger partial charge in [-0.1, -0.05) is 25.5 Å². The Bertz CT molecular complexity index is 926. The van der Waals surface area contributed by atoms with Crippen molar-refractivity contribution < 1.29 is 9.72 Å². The first-order chi connectivity index (χ1) is 14.0. The molecule has 0 fully saturated rings. The van der Waals surface area contributed by atoms with Gasteiger partial charge in [-0.15, -0.1) is 11.3 Å². The molecular weight excluding hydrogens is 392 g/mol. The second kappa shape index (κ2) is 9.37. The van der Waals surface area contributed by atoms with Crippen LogP contribution < -0.4 is 16.4 Å². The Morgan fingerprint density at radius 2 is 2.24 bits per heavy atom. The van der Waals surface area contributed by atoms with Crippen LogP contribution in [-0.4, -0.2) is 33.8 Å². The van der Waals surface area contributed by atoms with E-state index in [9.17, 15) is 14.9 Å². The van der Waals surface area contributed by atoms with Gasteiger partial charge in [0.15, 0.2) is 10.8 Å². The second-order valence-electron chi connectivity index (χ2n) is 6.68. The summed E-state index contributed by atoms with van der Waals surface area (Å²) in [5.41, 5.74) is 7.78. The van der Waals surface area contributed by atoms with Crippen LogP contribution in [0.25, 0.3) is 0 Å². The molecule has 0 bridgehead atoms. The molecule has 1 amide bonds. The zero-order chi connectivity index (χ0) is 20.8. The first kappa shape index (κ1) is 20.6. The van der Waals surface area contributed by atoms with Crippen molar-refractivity contribution in [3.8, 4) is 0 Å². The Morgan fingerprint density at radius 3 is 2.97 bits per heavy atom. The van der Waals surface area contributed by atoms with Gasteiger partial charge in [0.05, 0.1) is 28.5 Å². The summed E-state index contributed by atoms with van der Waals surface area (Å²) < 4.78 is 0. The van der Waals surface area contributed by atoms with Gasteiger partial charge >= 0.3 is 0 Å². The SMILES string of the molecule is CCCCNC(=C[N+](=O)[O-])N1CCc2nc(C(=O)Nc3ccccc3N)sc2C1. The lowest BCUT2D eigenvalue weighted by molar-refractivity contribution is -0.404. The molecule has 1 aromatic heterocycles. The van der Waals surface area contributed by atoms with E-state index in [1.54, 1.807) is 24.3 Å². The second-order valence-corrected chi connectivity index (χ2v) is 7.77. The Balaban J connectivity index is 1.72. The molecule has 1 aliphatic heterocycles. The number of nitro groups is 1. The normalized spacial score (nSPS) is 13.7. The summed E-state index contributed by atoms with van der Waals surface area (Å²) in [4.78, 5) is 30.5. The number of carbonyl (C=O) groups excluding carboxylic acids is 1. The van der Waals surface area contributed by atoms with Crippen LogP contribution in [0.2, 0.25) is 0 Å². The van der Waals surface area contributed by atoms with E-state index < -0.39 is 4.92 Å². The highest BCUT2D eigenvalue weighted by Gasteiger charge is 2.25. The number of nitrogens with zero attached hydrogens (tertiary/aromatic N) is 3. The Labute approximate surface area is 172 Å². The number of nitrogens with two attached hydrogens (primary N) is 1. The van der Waals surface area contributed by atoms with E-state index in [-0.39, 0.29) is 5.91 Å². The van der Waals surface area contributed by atoms with Crippen LogP contribution in [0, 0.1) is 10.1 Å². The highest BCUT2D eigenvalue weighted by molar-refractivity contribution is 7.13. The zero-order valence-electron chi connectivity index (χ0n) is 16.2. The first-order valence-electron chi connectivity index (χ1n) is 9.46. The molecule has 0 aliphatic carbocycles. The molecular formula is C19H24N6O3S. The van der Waals surface area contributed by atoms with Crippen molar-refractivity contribution in [2.24, 2.45) is 0 Å². The predicted octanol–water partition coefficient (Wildman–Crippen LogP) is 2.80. The molecule has 0 unspecified atom stereocenters. The van der Waals surface area contributed by atoms with Gasteiger partial charge in [-0.05, 0) is 18.6 Å². The molecule has 2 heterocycles. The van der Waals surface area contributed by atoms with E-state index in [0.717, 1.165) is 29.6 Å². The van der Waals surface area contributed by atoms with Crippen molar-refractivity contribution in [2.45, 2.75) is 32.7 Å². The minimum atomic E-state index is -0.445. The number of amides is 1. The molecule has 0 saturated heterocycles. The number of nitrogens with one attached hydrogen (secondary N) is 2. The van der Waals surface area contributed by atoms with Gasteiger partial charge in [-0.25, -0.2) is 4.98 Å². The van der Waals surface area contributed by atoms with E-state index in [1.165, 1.54) is 11.3 Å². The molecule has 9 nitrogen and oxygen atoms in total. The third-order valence-electron chi connectivity index (χ3n) is 4.54. The van der Waals surface area contributed by atoms with Gasteiger partial charge in [0.2, 0.25) is 0 Å². The molecule has 0 radical (unpaired) electrons. The van der Waals surface area contributed by atoms with Crippen LogP contribution in [-0.2, 0) is 13.0 Å². The highest BCUT2D eigenvalue weighted by atomic mass is 32.1. The fraction of sp³-hybridized carbons (Fsp3) is 0.368. The monoisotopic (exact) mass is 416 g/mol. The summed E-state index contributed by atoms with van der Waals surface area (Å²) in [7, 11) is 0. The molecule has 1 aromatic carbocycles. The number of benzene rings is 1. The van der Waals surface area contributed by atoms with Gasteiger partial charge in [0.1, 0.15) is 0 Å². The van der Waals surface area contributed by atoms with Crippen molar-refractivity contribution in [3.05, 3.63) is 62.0 Å². The van der Waals surface area contributed by atoms with Crippen molar-refractivity contribution in [1.29, 1.82) is 0 Å². The van der Waals surface area contributed by atoms with Crippen molar-refractivity contribution >= 4 is 28.6 Å². The fourth-order valence-corrected chi connectivity index (χ4v) is 4.04. The first-order valence-corrected chi connectivity index (χ1v) is 10.3. The van der Waals surface area contributed by atoms with Crippen LogP contribution >= 0.6 is 11.3 Å². The number of anilines is 2. The predicted molar refractivity (Wildman–Crippen MR) is 113 cm³/mol. The van der Waals surface area contributed by atoms with Crippen LogP contribution in [0.5, 0.6) is 0 Å². The number of para-hydroxylation sites is 2. The van der Waals surface area contributed by atoms with Gasteiger partial charge in [0, 0.05) is 24.4 Å². The van der Waals surface area contributed by atoms with Crippen LogP contribution in [0.1, 0.15) is 40.1 Å². The topological polar surface area (TPSA) is 126 Å². The summed E-state index contributed by atoms with van der Waals surface area (Å²) >= 11 is 1.31. The number of fused-ring (bicyclic) bond motifs is 1. The van der Waals surface area contributed by atoms with Crippen LogP contribution in [0.3, 0.4) is 0 Å². The van der Waals surface area contributed by atoms with Gasteiger partial charge < -0.3 is 21.3 Å². The summed E-state index contributed by atoms with van der Waals surface area (Å²) in [6.45, 7) is 3.82. The van der Waals surface area contributed by atoms with E-state index >= 15 is 0 Å². The fourth-order valence-electron chi connectivity index (χ4n) is 3.02. The molecule has 29 heavy (non-hydrogen) atoms. The van der Waals surface area contributed by atoms with Gasteiger partial charge in [-0.2, -0.15) is 0 Å². The van der Waals surface area contributed by atoms with Crippen LogP contribution in [0.4, 0.5) is 11.4 Å². The van der Waals surface area contributed by atoms with E-state index in [4.69, 9.17) is 5.73 Å². The lowest BCUT2D eigenvalue weighted by atomic mass is 10.2. The molecule has 10 heteroatoms. The lowest BCUT2D eigenvalue weighted by Gasteiger charge is -2.29. The summed E-state index contributed by atoms with van der Waals surface area (Å²) in [6, 6.07) is 7.05. The number of aromatic nitrogens is 1. The molecule has 0 saturated carbocycles. The van der Waals surface area contributed by atoms with Crippen molar-refractivity contribution in [1.82, 2.24) is 15.2 Å². The maximum absolute atomic E-state index is 12.6.